The molecule has 1 heterocycles. The standard InChI is InChI=1S/C10H14N2O2/c1-13-9-4-2-8(3-5-9)10-6-14-7-12(10)11/h2-5,10H,6-7,11H2,1H3. The molecule has 14 heavy (non-hydrogen) atoms. The van der Waals surface area contributed by atoms with Crippen LogP contribution in [0.3, 0.4) is 0 Å². The molecule has 76 valence electrons. The van der Waals surface area contributed by atoms with Gasteiger partial charge in [0.2, 0.25) is 0 Å². The van der Waals surface area contributed by atoms with Gasteiger partial charge in [-0.05, 0) is 17.7 Å². The summed E-state index contributed by atoms with van der Waals surface area (Å²) in [5.41, 5.74) is 1.16. The van der Waals surface area contributed by atoms with E-state index in [9.17, 15) is 0 Å². The molecule has 0 radical (unpaired) electrons. The predicted octanol–water partition coefficient (Wildman–Crippen LogP) is 0.900. The van der Waals surface area contributed by atoms with Crippen molar-refractivity contribution in [1.29, 1.82) is 0 Å². The highest BCUT2D eigenvalue weighted by atomic mass is 16.5. The van der Waals surface area contributed by atoms with Crippen LogP contribution in [0, 0.1) is 0 Å². The second-order valence-corrected chi connectivity index (χ2v) is 3.30. The molecular formula is C10H14N2O2. The smallest absolute Gasteiger partial charge is 0.118 e. The zero-order valence-corrected chi connectivity index (χ0v) is 8.14. The third kappa shape index (κ3) is 1.72. The third-order valence-corrected chi connectivity index (χ3v) is 2.42. The molecule has 1 aromatic carbocycles. The molecule has 2 rings (SSSR count). The Morgan fingerprint density at radius 1 is 1.43 bits per heavy atom. The summed E-state index contributed by atoms with van der Waals surface area (Å²) in [6.07, 6.45) is 0. The highest BCUT2D eigenvalue weighted by Crippen LogP contribution is 2.24. The Kier molecular flexibility index (Phi) is 2.67. The highest BCUT2D eigenvalue weighted by Gasteiger charge is 2.23. The van der Waals surface area contributed by atoms with Gasteiger partial charge in [-0.3, -0.25) is 5.84 Å². The minimum Gasteiger partial charge on any atom is -0.497 e. The van der Waals surface area contributed by atoms with Crippen molar-refractivity contribution in [3.63, 3.8) is 0 Å². The Morgan fingerprint density at radius 3 is 2.64 bits per heavy atom. The van der Waals surface area contributed by atoms with Crippen LogP contribution in [0.1, 0.15) is 11.6 Å². The molecule has 1 aliphatic rings. The van der Waals surface area contributed by atoms with Crippen molar-refractivity contribution in [2.75, 3.05) is 20.4 Å². The van der Waals surface area contributed by atoms with E-state index in [4.69, 9.17) is 15.3 Å². The molecule has 0 saturated carbocycles. The first-order chi connectivity index (χ1) is 6.81. The van der Waals surface area contributed by atoms with Crippen molar-refractivity contribution >= 4 is 0 Å². The molecule has 1 aliphatic heterocycles. The first kappa shape index (κ1) is 9.45. The van der Waals surface area contributed by atoms with E-state index in [1.165, 1.54) is 0 Å². The molecule has 1 unspecified atom stereocenters. The summed E-state index contributed by atoms with van der Waals surface area (Å²) in [4.78, 5) is 0. The summed E-state index contributed by atoms with van der Waals surface area (Å²) in [7, 11) is 1.66. The fraction of sp³-hybridized carbons (Fsp3) is 0.400. The average molecular weight is 194 g/mol. The lowest BCUT2D eigenvalue weighted by Gasteiger charge is -2.16. The van der Waals surface area contributed by atoms with E-state index in [0.717, 1.165) is 11.3 Å². The molecule has 0 aromatic heterocycles. The van der Waals surface area contributed by atoms with Gasteiger partial charge in [-0.1, -0.05) is 12.1 Å². The van der Waals surface area contributed by atoms with Gasteiger partial charge in [0, 0.05) is 0 Å². The molecule has 1 fully saturated rings. The molecule has 0 bridgehead atoms. The summed E-state index contributed by atoms with van der Waals surface area (Å²) < 4.78 is 10.3. The van der Waals surface area contributed by atoms with E-state index < -0.39 is 0 Å². The van der Waals surface area contributed by atoms with Gasteiger partial charge in [0.15, 0.2) is 0 Å². The van der Waals surface area contributed by atoms with Crippen LogP contribution in [0.25, 0.3) is 0 Å². The Morgan fingerprint density at radius 2 is 2.14 bits per heavy atom. The van der Waals surface area contributed by atoms with Crippen molar-refractivity contribution < 1.29 is 9.47 Å². The van der Waals surface area contributed by atoms with Crippen LogP contribution in [-0.4, -0.2) is 25.5 Å². The predicted molar refractivity (Wildman–Crippen MR) is 52.6 cm³/mol. The van der Waals surface area contributed by atoms with Crippen LogP contribution < -0.4 is 10.6 Å². The molecule has 1 saturated heterocycles. The van der Waals surface area contributed by atoms with E-state index in [1.54, 1.807) is 12.1 Å². The minimum atomic E-state index is 0.168. The van der Waals surface area contributed by atoms with Crippen LogP contribution >= 0.6 is 0 Å². The minimum absolute atomic E-state index is 0.168. The van der Waals surface area contributed by atoms with Gasteiger partial charge in [-0.15, -0.1) is 0 Å². The van der Waals surface area contributed by atoms with Gasteiger partial charge in [0.25, 0.3) is 0 Å². The molecular weight excluding hydrogens is 180 g/mol. The van der Waals surface area contributed by atoms with E-state index >= 15 is 0 Å². The summed E-state index contributed by atoms with van der Waals surface area (Å²) in [6.45, 7) is 1.15. The van der Waals surface area contributed by atoms with Gasteiger partial charge < -0.3 is 9.47 Å². The number of hydrogen-bond acceptors (Lipinski definition) is 4. The SMILES string of the molecule is COc1ccc(C2COCN2N)cc1. The summed E-state index contributed by atoms with van der Waals surface area (Å²) in [6, 6.07) is 8.06. The Labute approximate surface area is 83.2 Å². The quantitative estimate of drug-likeness (QED) is 0.710. The molecule has 4 nitrogen and oxygen atoms in total. The van der Waals surface area contributed by atoms with Crippen LogP contribution in [0.4, 0.5) is 0 Å². The summed E-state index contributed by atoms with van der Waals surface area (Å²) >= 11 is 0. The van der Waals surface area contributed by atoms with Crippen molar-refractivity contribution in [3.8, 4) is 5.75 Å². The molecule has 0 spiro atoms. The van der Waals surface area contributed by atoms with Crippen LogP contribution in [-0.2, 0) is 4.74 Å². The largest absolute Gasteiger partial charge is 0.497 e. The fourth-order valence-electron chi connectivity index (χ4n) is 1.57. The zero-order valence-electron chi connectivity index (χ0n) is 8.14. The number of hydrogen-bond donors (Lipinski definition) is 1. The van der Waals surface area contributed by atoms with Gasteiger partial charge >= 0.3 is 0 Å². The molecule has 0 aliphatic carbocycles. The number of methoxy groups -OCH3 is 1. The van der Waals surface area contributed by atoms with Gasteiger partial charge in [0.05, 0.1) is 19.8 Å². The van der Waals surface area contributed by atoms with Crippen molar-refractivity contribution in [1.82, 2.24) is 5.01 Å². The van der Waals surface area contributed by atoms with E-state index in [2.05, 4.69) is 0 Å². The van der Waals surface area contributed by atoms with E-state index in [0.29, 0.717) is 13.3 Å². The molecule has 1 atom stereocenters. The van der Waals surface area contributed by atoms with Gasteiger partial charge in [-0.2, -0.15) is 0 Å². The van der Waals surface area contributed by atoms with E-state index in [1.807, 2.05) is 24.3 Å². The number of nitrogens with zero attached hydrogens (tertiary/aromatic N) is 1. The zero-order chi connectivity index (χ0) is 9.97. The van der Waals surface area contributed by atoms with Gasteiger partial charge in [-0.25, -0.2) is 5.01 Å². The van der Waals surface area contributed by atoms with E-state index in [-0.39, 0.29) is 6.04 Å². The second-order valence-electron chi connectivity index (χ2n) is 3.30. The number of nitrogens with two attached hydrogens (primary N) is 1. The second kappa shape index (κ2) is 3.96. The number of rotatable bonds is 2. The lowest BCUT2D eigenvalue weighted by molar-refractivity contribution is 0.139. The highest BCUT2D eigenvalue weighted by molar-refractivity contribution is 5.29. The molecule has 2 N–H and O–H groups in total. The normalized spacial score (nSPS) is 22.6. The monoisotopic (exact) mass is 194 g/mol. The number of hydrazine groups is 1. The van der Waals surface area contributed by atoms with Crippen LogP contribution in [0.5, 0.6) is 5.75 Å². The average Bonchev–Trinajstić information content (AvgIpc) is 2.65. The maximum absolute atomic E-state index is 5.76. The van der Waals surface area contributed by atoms with Crippen molar-refractivity contribution in [2.24, 2.45) is 5.84 Å². The Balaban J connectivity index is 2.16. The maximum Gasteiger partial charge on any atom is 0.118 e. The molecule has 1 aromatic rings. The first-order valence-electron chi connectivity index (χ1n) is 4.54. The third-order valence-electron chi connectivity index (χ3n) is 2.42. The first-order valence-corrected chi connectivity index (χ1v) is 4.54. The summed E-state index contributed by atoms with van der Waals surface area (Å²) in [5.74, 6) is 6.62. The number of benzene rings is 1. The maximum atomic E-state index is 5.76. The van der Waals surface area contributed by atoms with Crippen molar-refractivity contribution in [3.05, 3.63) is 29.8 Å². The summed E-state index contributed by atoms with van der Waals surface area (Å²) in [5, 5.41) is 1.70. The molecule has 0 amide bonds. The Bertz CT molecular complexity index is 299. The topological polar surface area (TPSA) is 47.7 Å². The van der Waals surface area contributed by atoms with Crippen LogP contribution in [0.15, 0.2) is 24.3 Å². The van der Waals surface area contributed by atoms with Crippen molar-refractivity contribution in [2.45, 2.75) is 6.04 Å². The van der Waals surface area contributed by atoms with Gasteiger partial charge in [0.1, 0.15) is 12.5 Å². The molecule has 4 heteroatoms. The lowest BCUT2D eigenvalue weighted by Crippen LogP contribution is -2.30. The van der Waals surface area contributed by atoms with Crippen LogP contribution in [0.2, 0.25) is 0 Å². The number of ether oxygens (including phenoxy) is 2. The lowest BCUT2D eigenvalue weighted by atomic mass is 10.1. The Hall–Kier alpha value is -1.10. The fourth-order valence-corrected chi connectivity index (χ4v) is 1.57.